The maximum Gasteiger partial charge on any atom is 0.228 e. The third-order valence-corrected chi connectivity index (χ3v) is 3.33. The molecule has 4 heteroatoms. The molecule has 17 heavy (non-hydrogen) atoms. The first kappa shape index (κ1) is 11.8. The second kappa shape index (κ2) is 3.95. The largest absolute Gasteiger partial charge is 0.495 e. The number of carbonyl (C=O) groups is 1. The third-order valence-electron chi connectivity index (χ3n) is 3.33. The van der Waals surface area contributed by atoms with E-state index < -0.39 is 0 Å². The highest BCUT2D eigenvalue weighted by Crippen LogP contribution is 2.52. The lowest BCUT2D eigenvalue weighted by atomic mass is 10.1. The van der Waals surface area contributed by atoms with Crippen molar-refractivity contribution in [1.29, 1.82) is 0 Å². The van der Waals surface area contributed by atoms with Gasteiger partial charge < -0.3 is 15.8 Å². The molecule has 1 fully saturated rings. The molecule has 0 saturated heterocycles. The minimum absolute atomic E-state index is 0.0711. The van der Waals surface area contributed by atoms with E-state index >= 15 is 0 Å². The van der Waals surface area contributed by atoms with E-state index in [1.54, 1.807) is 25.3 Å². The minimum atomic E-state index is 0.0711. The van der Waals surface area contributed by atoms with Crippen LogP contribution in [0.1, 0.15) is 20.3 Å². The van der Waals surface area contributed by atoms with Crippen molar-refractivity contribution in [3.8, 4) is 5.75 Å². The van der Waals surface area contributed by atoms with Crippen molar-refractivity contribution in [3.63, 3.8) is 0 Å². The summed E-state index contributed by atoms with van der Waals surface area (Å²) in [7, 11) is 1.56. The Kier molecular flexibility index (Phi) is 2.73. The molecule has 0 heterocycles. The number of benzene rings is 1. The standard InChI is InChI=1S/C13H18N2O2/c1-13(2)7-9(13)12(16)15-8-4-5-10(14)11(6-8)17-3/h4-6,9H,7,14H2,1-3H3,(H,15,16). The Bertz CT molecular complexity index is 455. The molecule has 1 aliphatic rings. The number of hydrogen-bond donors (Lipinski definition) is 2. The van der Waals surface area contributed by atoms with E-state index in [0.717, 1.165) is 12.1 Å². The summed E-state index contributed by atoms with van der Waals surface area (Å²) in [5, 5.41) is 2.89. The number of nitrogens with one attached hydrogen (secondary N) is 1. The van der Waals surface area contributed by atoms with Gasteiger partial charge in [0.05, 0.1) is 12.8 Å². The lowest BCUT2D eigenvalue weighted by molar-refractivity contribution is -0.117. The summed E-state index contributed by atoms with van der Waals surface area (Å²) in [6, 6.07) is 5.25. The first-order valence-electron chi connectivity index (χ1n) is 5.68. The molecule has 2 rings (SSSR count). The second-order valence-electron chi connectivity index (χ2n) is 5.19. The van der Waals surface area contributed by atoms with Gasteiger partial charge in [-0.1, -0.05) is 13.8 Å². The van der Waals surface area contributed by atoms with Crippen molar-refractivity contribution in [3.05, 3.63) is 18.2 Å². The zero-order valence-electron chi connectivity index (χ0n) is 10.4. The quantitative estimate of drug-likeness (QED) is 0.788. The SMILES string of the molecule is COc1cc(NC(=O)C2CC2(C)C)ccc1N. The Balaban J connectivity index is 2.07. The number of rotatable bonds is 3. The number of anilines is 2. The molecule has 1 aromatic carbocycles. The third kappa shape index (κ3) is 2.35. The van der Waals surface area contributed by atoms with Crippen LogP contribution in [0.3, 0.4) is 0 Å². The molecule has 1 aliphatic carbocycles. The van der Waals surface area contributed by atoms with Gasteiger partial charge in [-0.3, -0.25) is 4.79 Å². The fourth-order valence-electron chi connectivity index (χ4n) is 1.93. The van der Waals surface area contributed by atoms with Gasteiger partial charge in [-0.15, -0.1) is 0 Å². The van der Waals surface area contributed by atoms with E-state index in [1.807, 2.05) is 0 Å². The van der Waals surface area contributed by atoms with Gasteiger partial charge in [0.25, 0.3) is 0 Å². The highest BCUT2D eigenvalue weighted by atomic mass is 16.5. The average Bonchev–Trinajstić information content (AvgIpc) is 2.91. The Hall–Kier alpha value is -1.71. The molecule has 1 saturated carbocycles. The van der Waals surface area contributed by atoms with Crippen molar-refractivity contribution < 1.29 is 9.53 Å². The molecule has 0 spiro atoms. The summed E-state index contributed by atoms with van der Waals surface area (Å²) in [5.41, 5.74) is 7.14. The molecule has 3 N–H and O–H groups in total. The van der Waals surface area contributed by atoms with Crippen molar-refractivity contribution in [1.82, 2.24) is 0 Å². The van der Waals surface area contributed by atoms with Crippen LogP contribution in [0.5, 0.6) is 5.75 Å². The van der Waals surface area contributed by atoms with Gasteiger partial charge >= 0.3 is 0 Å². The van der Waals surface area contributed by atoms with Gasteiger partial charge in [-0.05, 0) is 24.0 Å². The normalized spacial score (nSPS) is 20.8. The van der Waals surface area contributed by atoms with Crippen LogP contribution in [-0.2, 0) is 4.79 Å². The maximum absolute atomic E-state index is 11.9. The van der Waals surface area contributed by atoms with Gasteiger partial charge in [0, 0.05) is 17.7 Å². The summed E-state index contributed by atoms with van der Waals surface area (Å²) in [4.78, 5) is 11.9. The van der Waals surface area contributed by atoms with Gasteiger partial charge in [-0.2, -0.15) is 0 Å². The van der Waals surface area contributed by atoms with Crippen LogP contribution in [0.4, 0.5) is 11.4 Å². The summed E-state index contributed by atoms with van der Waals surface area (Å²) in [6.07, 6.45) is 0.949. The van der Waals surface area contributed by atoms with Gasteiger partial charge in [0.1, 0.15) is 5.75 Å². The number of hydrogen-bond acceptors (Lipinski definition) is 3. The van der Waals surface area contributed by atoms with Gasteiger partial charge in [0.15, 0.2) is 0 Å². The number of ether oxygens (including phenoxy) is 1. The fourth-order valence-corrected chi connectivity index (χ4v) is 1.93. The molecule has 1 amide bonds. The van der Waals surface area contributed by atoms with E-state index in [2.05, 4.69) is 19.2 Å². The van der Waals surface area contributed by atoms with E-state index in [0.29, 0.717) is 11.4 Å². The summed E-state index contributed by atoms with van der Waals surface area (Å²) >= 11 is 0. The highest BCUT2D eigenvalue weighted by Gasteiger charge is 2.50. The Morgan fingerprint density at radius 2 is 2.18 bits per heavy atom. The molecular weight excluding hydrogens is 216 g/mol. The minimum Gasteiger partial charge on any atom is -0.495 e. The first-order valence-corrected chi connectivity index (χ1v) is 5.68. The van der Waals surface area contributed by atoms with Crippen molar-refractivity contribution in [2.75, 3.05) is 18.2 Å². The number of nitrogen functional groups attached to an aromatic ring is 1. The predicted molar refractivity (Wildman–Crippen MR) is 67.9 cm³/mol. The molecule has 1 aromatic rings. The number of nitrogens with two attached hydrogens (primary N) is 1. The van der Waals surface area contributed by atoms with Crippen molar-refractivity contribution in [2.45, 2.75) is 20.3 Å². The van der Waals surface area contributed by atoms with Crippen molar-refractivity contribution >= 4 is 17.3 Å². The van der Waals surface area contributed by atoms with Crippen LogP contribution in [0, 0.1) is 11.3 Å². The molecule has 0 aliphatic heterocycles. The molecule has 4 nitrogen and oxygen atoms in total. The van der Waals surface area contributed by atoms with E-state index in [-0.39, 0.29) is 17.2 Å². The molecule has 0 radical (unpaired) electrons. The second-order valence-corrected chi connectivity index (χ2v) is 5.19. The number of methoxy groups -OCH3 is 1. The molecule has 1 unspecified atom stereocenters. The molecule has 0 bridgehead atoms. The van der Waals surface area contributed by atoms with Crippen LogP contribution in [0.25, 0.3) is 0 Å². The first-order chi connectivity index (χ1) is 7.94. The maximum atomic E-state index is 11.9. The topological polar surface area (TPSA) is 64.3 Å². The van der Waals surface area contributed by atoms with Crippen LogP contribution >= 0.6 is 0 Å². The highest BCUT2D eigenvalue weighted by molar-refractivity contribution is 5.95. The Labute approximate surface area is 101 Å². The molecule has 92 valence electrons. The van der Waals surface area contributed by atoms with E-state index in [1.165, 1.54) is 0 Å². The van der Waals surface area contributed by atoms with Crippen LogP contribution < -0.4 is 15.8 Å². The number of amides is 1. The zero-order chi connectivity index (χ0) is 12.6. The summed E-state index contributed by atoms with van der Waals surface area (Å²) in [6.45, 7) is 4.20. The van der Waals surface area contributed by atoms with E-state index in [9.17, 15) is 4.79 Å². The zero-order valence-corrected chi connectivity index (χ0v) is 10.4. The summed E-state index contributed by atoms with van der Waals surface area (Å²) in [5.74, 6) is 0.769. The van der Waals surface area contributed by atoms with Gasteiger partial charge in [-0.25, -0.2) is 0 Å². The lowest BCUT2D eigenvalue weighted by Crippen LogP contribution is -2.16. The smallest absolute Gasteiger partial charge is 0.228 e. The van der Waals surface area contributed by atoms with Gasteiger partial charge in [0.2, 0.25) is 5.91 Å². The van der Waals surface area contributed by atoms with Crippen molar-refractivity contribution in [2.24, 2.45) is 11.3 Å². The summed E-state index contributed by atoms with van der Waals surface area (Å²) < 4.78 is 5.11. The predicted octanol–water partition coefficient (Wildman–Crippen LogP) is 2.26. The number of carbonyl (C=O) groups excluding carboxylic acids is 1. The van der Waals surface area contributed by atoms with Crippen LogP contribution in [0.2, 0.25) is 0 Å². The fraction of sp³-hybridized carbons (Fsp3) is 0.462. The van der Waals surface area contributed by atoms with E-state index in [4.69, 9.17) is 10.5 Å². The monoisotopic (exact) mass is 234 g/mol. The average molecular weight is 234 g/mol. The van der Waals surface area contributed by atoms with Crippen LogP contribution in [0.15, 0.2) is 18.2 Å². The molecular formula is C13H18N2O2. The van der Waals surface area contributed by atoms with Crippen LogP contribution in [-0.4, -0.2) is 13.0 Å². The Morgan fingerprint density at radius 1 is 1.53 bits per heavy atom. The Morgan fingerprint density at radius 3 is 2.71 bits per heavy atom. The molecule has 1 atom stereocenters. The lowest BCUT2D eigenvalue weighted by Gasteiger charge is -2.09. The molecule has 0 aromatic heterocycles.